The van der Waals surface area contributed by atoms with Crippen molar-refractivity contribution >= 4 is 15.9 Å². The average molecular weight is 353 g/mol. The van der Waals surface area contributed by atoms with E-state index in [1.165, 1.54) is 12.1 Å². The fourth-order valence-electron chi connectivity index (χ4n) is 2.86. The standard InChI is InChI=1S/C18H28N2O3S/c1-7-11-19-16(21)14-9-8-10-15(12-14)24(22,23)20-18(5,6)13-17(2,3)4/h7-10,12,20H,1,11,13H2,2-6H3,(H,19,21). The van der Waals surface area contributed by atoms with Crippen molar-refractivity contribution in [3.63, 3.8) is 0 Å². The topological polar surface area (TPSA) is 75.3 Å². The van der Waals surface area contributed by atoms with Crippen LogP contribution in [0.15, 0.2) is 41.8 Å². The fraction of sp³-hybridized carbons (Fsp3) is 0.500. The van der Waals surface area contributed by atoms with E-state index in [1.807, 2.05) is 13.8 Å². The van der Waals surface area contributed by atoms with Crippen LogP contribution in [0.1, 0.15) is 51.4 Å². The molecule has 0 unspecified atom stereocenters. The molecule has 134 valence electrons. The summed E-state index contributed by atoms with van der Waals surface area (Å²) in [6.45, 7) is 13.8. The van der Waals surface area contributed by atoms with Gasteiger partial charge in [0.15, 0.2) is 0 Å². The Balaban J connectivity index is 3.03. The summed E-state index contributed by atoms with van der Waals surface area (Å²) in [7, 11) is -3.72. The van der Waals surface area contributed by atoms with Crippen molar-refractivity contribution in [1.82, 2.24) is 10.0 Å². The smallest absolute Gasteiger partial charge is 0.251 e. The normalized spacial score (nSPS) is 12.7. The summed E-state index contributed by atoms with van der Waals surface area (Å²) < 4.78 is 28.1. The summed E-state index contributed by atoms with van der Waals surface area (Å²) in [4.78, 5) is 12.1. The molecule has 0 spiro atoms. The van der Waals surface area contributed by atoms with Crippen LogP contribution in [0, 0.1) is 5.41 Å². The molecule has 0 bridgehead atoms. The van der Waals surface area contributed by atoms with Gasteiger partial charge in [0.05, 0.1) is 4.90 Å². The first-order valence-electron chi connectivity index (χ1n) is 7.89. The summed E-state index contributed by atoms with van der Waals surface area (Å²) in [6, 6.07) is 6.01. The second kappa shape index (κ2) is 7.49. The molecule has 5 nitrogen and oxygen atoms in total. The number of sulfonamides is 1. The van der Waals surface area contributed by atoms with Gasteiger partial charge in [-0.25, -0.2) is 13.1 Å². The lowest BCUT2D eigenvalue weighted by Crippen LogP contribution is -2.45. The van der Waals surface area contributed by atoms with Crippen molar-refractivity contribution in [2.24, 2.45) is 5.41 Å². The predicted octanol–water partition coefficient (Wildman–Crippen LogP) is 3.10. The van der Waals surface area contributed by atoms with Gasteiger partial charge in [-0.1, -0.05) is 32.9 Å². The van der Waals surface area contributed by atoms with Crippen LogP contribution >= 0.6 is 0 Å². The van der Waals surface area contributed by atoms with E-state index in [0.717, 1.165) is 0 Å². The largest absolute Gasteiger partial charge is 0.349 e. The summed E-state index contributed by atoms with van der Waals surface area (Å²) in [5.74, 6) is -0.332. The van der Waals surface area contributed by atoms with Crippen LogP contribution in [-0.4, -0.2) is 26.4 Å². The van der Waals surface area contributed by atoms with E-state index in [4.69, 9.17) is 0 Å². The molecule has 1 aromatic carbocycles. The van der Waals surface area contributed by atoms with Gasteiger partial charge in [-0.2, -0.15) is 0 Å². The number of hydrogen-bond donors (Lipinski definition) is 2. The van der Waals surface area contributed by atoms with Crippen LogP contribution in [0.4, 0.5) is 0 Å². The molecule has 0 atom stereocenters. The van der Waals surface area contributed by atoms with Gasteiger partial charge in [-0.05, 0) is 43.9 Å². The van der Waals surface area contributed by atoms with Gasteiger partial charge >= 0.3 is 0 Å². The van der Waals surface area contributed by atoms with E-state index < -0.39 is 15.6 Å². The molecule has 0 aliphatic rings. The summed E-state index contributed by atoms with van der Waals surface area (Å²) in [5.41, 5.74) is -0.315. The fourth-order valence-corrected chi connectivity index (χ4v) is 4.31. The van der Waals surface area contributed by atoms with Crippen molar-refractivity contribution < 1.29 is 13.2 Å². The van der Waals surface area contributed by atoms with Crippen molar-refractivity contribution in [2.75, 3.05) is 6.54 Å². The molecular formula is C18H28N2O3S. The zero-order chi connectivity index (χ0) is 18.6. The van der Waals surface area contributed by atoms with Gasteiger partial charge in [-0.15, -0.1) is 6.58 Å². The Morgan fingerprint density at radius 3 is 2.38 bits per heavy atom. The molecule has 2 N–H and O–H groups in total. The minimum atomic E-state index is -3.72. The molecule has 0 radical (unpaired) electrons. The Bertz CT molecular complexity index is 701. The summed E-state index contributed by atoms with van der Waals surface area (Å²) in [5, 5.41) is 2.63. The number of nitrogens with one attached hydrogen (secondary N) is 2. The van der Waals surface area contributed by atoms with Crippen LogP contribution < -0.4 is 10.0 Å². The Hall–Kier alpha value is -1.66. The number of benzene rings is 1. The Kier molecular flexibility index (Phi) is 6.36. The molecule has 0 fully saturated rings. The third-order valence-electron chi connectivity index (χ3n) is 3.20. The Labute approximate surface area is 145 Å². The maximum Gasteiger partial charge on any atom is 0.251 e. The molecule has 24 heavy (non-hydrogen) atoms. The van der Waals surface area contributed by atoms with Crippen LogP contribution in [-0.2, 0) is 10.0 Å². The summed E-state index contributed by atoms with van der Waals surface area (Å²) >= 11 is 0. The Morgan fingerprint density at radius 2 is 1.83 bits per heavy atom. The van der Waals surface area contributed by atoms with Crippen LogP contribution in [0.2, 0.25) is 0 Å². The van der Waals surface area contributed by atoms with Crippen molar-refractivity contribution in [3.05, 3.63) is 42.5 Å². The van der Waals surface area contributed by atoms with E-state index >= 15 is 0 Å². The zero-order valence-electron chi connectivity index (χ0n) is 15.1. The quantitative estimate of drug-likeness (QED) is 0.741. The third-order valence-corrected chi connectivity index (χ3v) is 4.89. The second-order valence-electron chi connectivity index (χ2n) is 7.75. The third kappa shape index (κ3) is 6.45. The molecule has 1 rings (SSSR count). The predicted molar refractivity (Wildman–Crippen MR) is 97.4 cm³/mol. The molecule has 0 aliphatic carbocycles. The lowest BCUT2D eigenvalue weighted by Gasteiger charge is -2.33. The SMILES string of the molecule is C=CCNC(=O)c1cccc(S(=O)(=O)NC(C)(C)CC(C)(C)C)c1. The molecule has 1 aromatic rings. The van der Waals surface area contributed by atoms with E-state index in [1.54, 1.807) is 18.2 Å². The lowest BCUT2D eigenvalue weighted by molar-refractivity contribution is 0.0958. The highest BCUT2D eigenvalue weighted by atomic mass is 32.2. The van der Waals surface area contributed by atoms with Crippen LogP contribution in [0.25, 0.3) is 0 Å². The molecule has 1 amide bonds. The molecule has 0 aliphatic heterocycles. The van der Waals surface area contributed by atoms with Gasteiger partial charge in [0.25, 0.3) is 5.91 Å². The van der Waals surface area contributed by atoms with Gasteiger partial charge < -0.3 is 5.32 Å². The van der Waals surface area contributed by atoms with Gasteiger partial charge in [0.1, 0.15) is 0 Å². The molecule has 6 heteroatoms. The van der Waals surface area contributed by atoms with Gasteiger partial charge in [0.2, 0.25) is 10.0 Å². The van der Waals surface area contributed by atoms with Gasteiger partial charge in [0, 0.05) is 17.6 Å². The highest BCUT2D eigenvalue weighted by molar-refractivity contribution is 7.89. The minimum absolute atomic E-state index is 0.0154. The average Bonchev–Trinajstić information content (AvgIpc) is 2.41. The van der Waals surface area contributed by atoms with Crippen molar-refractivity contribution in [3.8, 4) is 0 Å². The molecule has 0 saturated carbocycles. The molecular weight excluding hydrogens is 324 g/mol. The lowest BCUT2D eigenvalue weighted by atomic mass is 9.82. The second-order valence-corrected chi connectivity index (χ2v) is 9.44. The zero-order valence-corrected chi connectivity index (χ0v) is 16.0. The van der Waals surface area contributed by atoms with Gasteiger partial charge in [-0.3, -0.25) is 4.79 Å². The highest BCUT2D eigenvalue weighted by Gasteiger charge is 2.30. The number of rotatable bonds is 7. The molecule has 0 aromatic heterocycles. The number of carbonyl (C=O) groups excluding carboxylic acids is 1. The van der Waals surface area contributed by atoms with E-state index in [9.17, 15) is 13.2 Å². The Morgan fingerprint density at radius 1 is 1.21 bits per heavy atom. The minimum Gasteiger partial charge on any atom is -0.349 e. The van der Waals surface area contributed by atoms with E-state index in [0.29, 0.717) is 18.5 Å². The first-order chi connectivity index (χ1) is 10.9. The van der Waals surface area contributed by atoms with Crippen molar-refractivity contribution in [1.29, 1.82) is 0 Å². The monoisotopic (exact) mass is 352 g/mol. The van der Waals surface area contributed by atoms with E-state index in [2.05, 4.69) is 37.4 Å². The number of carbonyl (C=O) groups is 1. The van der Waals surface area contributed by atoms with Crippen LogP contribution in [0.5, 0.6) is 0 Å². The highest BCUT2D eigenvalue weighted by Crippen LogP contribution is 2.28. The number of hydrogen-bond acceptors (Lipinski definition) is 3. The first-order valence-corrected chi connectivity index (χ1v) is 9.38. The maximum atomic E-state index is 12.7. The number of amides is 1. The first kappa shape index (κ1) is 20.4. The maximum absolute atomic E-state index is 12.7. The van der Waals surface area contributed by atoms with Crippen LogP contribution in [0.3, 0.4) is 0 Å². The van der Waals surface area contributed by atoms with Crippen molar-refractivity contribution in [2.45, 2.75) is 51.5 Å². The molecule has 0 saturated heterocycles. The molecule has 0 heterocycles. The van der Waals surface area contributed by atoms with E-state index in [-0.39, 0.29) is 16.2 Å². The summed E-state index contributed by atoms with van der Waals surface area (Å²) in [6.07, 6.45) is 2.24.